The predicted octanol–water partition coefficient (Wildman–Crippen LogP) is 6.28. The first-order valence-electron chi connectivity index (χ1n) is 13.5. The van der Waals surface area contributed by atoms with Gasteiger partial charge in [-0.05, 0) is 55.4 Å². The fourth-order valence-electron chi connectivity index (χ4n) is 4.45. The molecule has 1 aliphatic heterocycles. The van der Waals surface area contributed by atoms with Gasteiger partial charge in [-0.1, -0.05) is 45.6 Å². The normalized spacial score (nSPS) is 14.0. The first kappa shape index (κ1) is 31.5. The molecule has 0 saturated heterocycles. The molecule has 1 atom stereocenters. The van der Waals surface area contributed by atoms with Crippen LogP contribution in [0.3, 0.4) is 0 Å². The Labute approximate surface area is 223 Å². The maximum Gasteiger partial charge on any atom is 0.416 e. The van der Waals surface area contributed by atoms with E-state index in [4.69, 9.17) is 10.5 Å². The van der Waals surface area contributed by atoms with Crippen LogP contribution in [0.1, 0.15) is 81.5 Å². The number of rotatable bonds is 11. The van der Waals surface area contributed by atoms with Crippen LogP contribution in [0.25, 0.3) is 11.3 Å². The van der Waals surface area contributed by atoms with Gasteiger partial charge in [-0.15, -0.1) is 10.2 Å². The van der Waals surface area contributed by atoms with Crippen LogP contribution in [0.15, 0.2) is 18.2 Å². The van der Waals surface area contributed by atoms with E-state index in [1.54, 1.807) is 6.92 Å². The maximum absolute atomic E-state index is 13.3. The Morgan fingerprint density at radius 3 is 2.61 bits per heavy atom. The molecule has 0 saturated carbocycles. The monoisotopic (exact) mass is 538 g/mol. The van der Waals surface area contributed by atoms with Gasteiger partial charge in [0.2, 0.25) is 0 Å². The highest BCUT2D eigenvalue weighted by molar-refractivity contribution is 5.70. The molecule has 3 N–H and O–H groups in total. The summed E-state index contributed by atoms with van der Waals surface area (Å²) in [5.41, 5.74) is 8.99. The lowest BCUT2D eigenvalue weighted by molar-refractivity contribution is -0.137. The molecule has 38 heavy (non-hydrogen) atoms. The minimum atomic E-state index is -4.41. The van der Waals surface area contributed by atoms with Crippen LogP contribution < -0.4 is 11.1 Å². The van der Waals surface area contributed by atoms with E-state index in [9.17, 15) is 18.0 Å². The van der Waals surface area contributed by atoms with E-state index < -0.39 is 11.7 Å². The quantitative estimate of drug-likeness (QED) is 0.256. The summed E-state index contributed by atoms with van der Waals surface area (Å²) < 4.78 is 49.6. The molecule has 1 aromatic heterocycles. The third kappa shape index (κ3) is 9.23. The Morgan fingerprint density at radius 2 is 2.00 bits per heavy atom. The number of ether oxygens (including phenoxy) is 2. The van der Waals surface area contributed by atoms with Crippen molar-refractivity contribution in [1.82, 2.24) is 10.2 Å². The molecule has 0 fully saturated rings. The molecule has 1 aromatic carbocycles. The molecule has 212 valence electrons. The second-order valence-electron chi connectivity index (χ2n) is 9.29. The van der Waals surface area contributed by atoms with Crippen molar-refractivity contribution in [2.24, 2.45) is 11.7 Å². The number of halogens is 3. The first-order chi connectivity index (χ1) is 18.3. The van der Waals surface area contributed by atoms with Crippen molar-refractivity contribution in [2.75, 3.05) is 25.1 Å². The highest BCUT2D eigenvalue weighted by atomic mass is 19.4. The molecule has 0 bridgehead atoms. The number of fused-ring (bicyclic) bond motifs is 3. The number of alkyl halides is 3. The first-order valence-corrected chi connectivity index (χ1v) is 13.5. The second kappa shape index (κ2) is 16.3. The molecule has 2 heterocycles. The number of carbonyl (C=O) groups is 1. The van der Waals surface area contributed by atoms with Gasteiger partial charge < -0.3 is 20.5 Å². The topological polar surface area (TPSA) is 99.4 Å². The van der Waals surface area contributed by atoms with Crippen molar-refractivity contribution in [3.8, 4) is 11.3 Å². The summed E-state index contributed by atoms with van der Waals surface area (Å²) in [6, 6.07) is 3.73. The fraction of sp³-hybridized carbons (Fsp3) is 0.607. The van der Waals surface area contributed by atoms with Crippen molar-refractivity contribution in [2.45, 2.75) is 85.0 Å². The Morgan fingerprint density at radius 1 is 1.21 bits per heavy atom. The Kier molecular flexibility index (Phi) is 13.5. The number of hydrogen-bond donors (Lipinski definition) is 2. The lowest BCUT2D eigenvalue weighted by atomic mass is 9.94. The molecule has 0 aliphatic carbocycles. The van der Waals surface area contributed by atoms with E-state index >= 15 is 0 Å². The zero-order valence-electron chi connectivity index (χ0n) is 22.7. The zero-order chi connectivity index (χ0) is 28.0. The number of aromatic nitrogens is 2. The van der Waals surface area contributed by atoms with Crippen molar-refractivity contribution >= 4 is 12.3 Å². The highest BCUT2D eigenvalue weighted by Crippen LogP contribution is 2.36. The number of nitrogens with zero attached hydrogens (tertiary/aromatic N) is 2. The molecule has 1 unspecified atom stereocenters. The summed E-state index contributed by atoms with van der Waals surface area (Å²) in [6.45, 7) is 8.71. The second-order valence-corrected chi connectivity index (χ2v) is 9.29. The number of unbranched alkanes of at least 4 members (excludes halogenated alkanes) is 2. The molecular weight excluding hydrogens is 497 g/mol. The van der Waals surface area contributed by atoms with Gasteiger partial charge in [0.25, 0.3) is 6.47 Å². The van der Waals surface area contributed by atoms with Gasteiger partial charge >= 0.3 is 6.18 Å². The number of anilines is 1. The summed E-state index contributed by atoms with van der Waals surface area (Å²) in [5.74, 6) is 1.22. The molecule has 0 spiro atoms. The Hall–Kier alpha value is -2.72. The number of nitrogens with two attached hydrogens (primary N) is 1. The van der Waals surface area contributed by atoms with Gasteiger partial charge in [0.15, 0.2) is 5.82 Å². The Bertz CT molecular complexity index is 1000. The predicted molar refractivity (Wildman–Crippen MR) is 142 cm³/mol. The van der Waals surface area contributed by atoms with Crippen molar-refractivity contribution in [3.63, 3.8) is 0 Å². The lowest BCUT2D eigenvalue weighted by Crippen LogP contribution is -2.19. The molecule has 1 aliphatic rings. The molecular formula is C28H41F3N4O3. The molecule has 10 heteroatoms. The molecule has 7 nitrogen and oxygen atoms in total. The van der Waals surface area contributed by atoms with Crippen LogP contribution >= 0.6 is 0 Å². The Balaban J connectivity index is 0.000000926. The minimum absolute atomic E-state index is 0.105. The number of nitrogens with one attached hydrogen (secondary N) is 1. The third-order valence-corrected chi connectivity index (χ3v) is 6.64. The smallest absolute Gasteiger partial charge is 0.416 e. The van der Waals surface area contributed by atoms with Crippen LogP contribution in [0.5, 0.6) is 0 Å². The standard InChI is InChI=1S/C25H35F3N4O.C3H6O2/c1-3-5-6-8-17(4-2)15-30-24-22(14-29)21-9-7-12-33-16-18-13-19(25(26,27)28)10-11-20(18)23(21)31-32-24;1-2-5-3-4/h10-11,13,17H,3-9,12,14-16,29H2,1-2H3,(H,30,32);3H,2H2,1H3. The van der Waals surface area contributed by atoms with Crippen LogP contribution in [0, 0.1) is 5.92 Å². The van der Waals surface area contributed by atoms with E-state index in [0.29, 0.717) is 54.7 Å². The van der Waals surface area contributed by atoms with E-state index in [-0.39, 0.29) is 13.2 Å². The molecule has 0 amide bonds. The molecule has 2 aromatic rings. The SMILES string of the molecule is CCCCCC(CC)CNc1nnc2c(c1CN)CCCOCc1cc(C(F)(F)F)ccc1-2.CCOC=O. The lowest BCUT2D eigenvalue weighted by Gasteiger charge is -2.20. The average molecular weight is 539 g/mol. The van der Waals surface area contributed by atoms with E-state index in [0.717, 1.165) is 42.6 Å². The van der Waals surface area contributed by atoms with Crippen LogP contribution in [0.4, 0.5) is 19.0 Å². The maximum atomic E-state index is 13.3. The summed E-state index contributed by atoms with van der Waals surface area (Å²) in [5, 5.41) is 12.4. The molecule has 3 rings (SSSR count). The van der Waals surface area contributed by atoms with Crippen LogP contribution in [0.2, 0.25) is 0 Å². The highest BCUT2D eigenvalue weighted by Gasteiger charge is 2.32. The van der Waals surface area contributed by atoms with Crippen molar-refractivity contribution in [3.05, 3.63) is 40.5 Å². The molecule has 0 radical (unpaired) electrons. The van der Waals surface area contributed by atoms with E-state index in [2.05, 4.69) is 34.1 Å². The summed E-state index contributed by atoms with van der Waals surface area (Å²) in [7, 11) is 0. The minimum Gasteiger partial charge on any atom is -0.468 e. The van der Waals surface area contributed by atoms with Gasteiger partial charge in [0, 0.05) is 30.8 Å². The number of carbonyl (C=O) groups excluding carboxylic acids is 1. The largest absolute Gasteiger partial charge is 0.468 e. The average Bonchev–Trinajstić information content (AvgIpc) is 2.99. The summed E-state index contributed by atoms with van der Waals surface area (Å²) in [6.07, 6.45) is 2.91. The van der Waals surface area contributed by atoms with Gasteiger partial charge in [0.05, 0.1) is 24.5 Å². The van der Waals surface area contributed by atoms with Crippen molar-refractivity contribution < 1.29 is 27.4 Å². The zero-order valence-corrected chi connectivity index (χ0v) is 22.7. The van der Waals surface area contributed by atoms with Gasteiger partial charge in [-0.25, -0.2) is 0 Å². The van der Waals surface area contributed by atoms with Gasteiger partial charge in [0.1, 0.15) is 0 Å². The van der Waals surface area contributed by atoms with E-state index in [1.807, 2.05) is 0 Å². The van der Waals surface area contributed by atoms with Crippen LogP contribution in [-0.4, -0.2) is 36.4 Å². The third-order valence-electron chi connectivity index (χ3n) is 6.64. The summed E-state index contributed by atoms with van der Waals surface area (Å²) >= 11 is 0. The van der Waals surface area contributed by atoms with Crippen LogP contribution in [-0.2, 0) is 40.0 Å². The number of benzene rings is 1. The van der Waals surface area contributed by atoms with Gasteiger partial charge in [-0.3, -0.25) is 4.79 Å². The van der Waals surface area contributed by atoms with Gasteiger partial charge in [-0.2, -0.15) is 13.2 Å². The fourth-order valence-corrected chi connectivity index (χ4v) is 4.45. The van der Waals surface area contributed by atoms with E-state index in [1.165, 1.54) is 31.7 Å². The van der Waals surface area contributed by atoms with Crippen molar-refractivity contribution in [1.29, 1.82) is 0 Å². The summed E-state index contributed by atoms with van der Waals surface area (Å²) in [4.78, 5) is 9.18. The number of hydrogen-bond acceptors (Lipinski definition) is 7.